The van der Waals surface area contributed by atoms with E-state index in [2.05, 4.69) is 13.5 Å². The van der Waals surface area contributed by atoms with Crippen LogP contribution in [0.4, 0.5) is 0 Å². The van der Waals surface area contributed by atoms with Crippen molar-refractivity contribution in [3.05, 3.63) is 19.6 Å². The van der Waals surface area contributed by atoms with Gasteiger partial charge in [0.05, 0.1) is 5.60 Å². The Balaban J connectivity index is 3.55. The van der Waals surface area contributed by atoms with Crippen LogP contribution in [0.5, 0.6) is 0 Å². The molecule has 1 heteroatoms. The first kappa shape index (κ1) is 8.70. The van der Waals surface area contributed by atoms with Gasteiger partial charge in [0.1, 0.15) is 0 Å². The molecule has 0 saturated carbocycles. The minimum Gasteiger partial charge on any atom is -0.390 e. The van der Waals surface area contributed by atoms with Gasteiger partial charge in [-0.05, 0) is 13.3 Å². The van der Waals surface area contributed by atoms with Crippen LogP contribution in [-0.4, -0.2) is 10.7 Å². The molecule has 0 amide bonds. The highest BCUT2D eigenvalue weighted by Crippen LogP contribution is 2.15. The molecular formula is C8H15O-. The Hall–Kier alpha value is -0.300. The number of rotatable bonds is 4. The van der Waals surface area contributed by atoms with Crippen molar-refractivity contribution in [2.45, 2.75) is 31.8 Å². The highest BCUT2D eigenvalue weighted by Gasteiger charge is 2.14. The Kier molecular flexibility index (Phi) is 3.55. The standard InChI is InChI=1S/C8H15O/c1-4-6-8(3,9)7-5-2/h4,9H,1-2,5-7H2,3H3/q-1. The summed E-state index contributed by atoms with van der Waals surface area (Å²) in [4.78, 5) is 0. The summed E-state index contributed by atoms with van der Waals surface area (Å²) in [5.74, 6) is 0. The molecule has 0 rings (SSSR count). The van der Waals surface area contributed by atoms with Gasteiger partial charge in [-0.1, -0.05) is 12.5 Å². The van der Waals surface area contributed by atoms with Gasteiger partial charge in [0, 0.05) is 0 Å². The highest BCUT2D eigenvalue weighted by molar-refractivity contribution is 4.82. The van der Waals surface area contributed by atoms with Crippen LogP contribution in [0.1, 0.15) is 26.2 Å². The zero-order chi connectivity index (χ0) is 7.33. The summed E-state index contributed by atoms with van der Waals surface area (Å²) >= 11 is 0. The smallest absolute Gasteiger partial charge is 0.0629 e. The number of hydrogen-bond donors (Lipinski definition) is 1. The van der Waals surface area contributed by atoms with Gasteiger partial charge in [-0.25, -0.2) is 0 Å². The summed E-state index contributed by atoms with van der Waals surface area (Å²) in [6.07, 6.45) is 3.91. The lowest BCUT2D eigenvalue weighted by atomic mass is 9.97. The first-order chi connectivity index (χ1) is 4.12. The summed E-state index contributed by atoms with van der Waals surface area (Å²) in [5.41, 5.74) is -0.580. The minimum absolute atomic E-state index is 0.580. The molecule has 54 valence electrons. The summed E-state index contributed by atoms with van der Waals surface area (Å²) in [6, 6.07) is 0. The zero-order valence-electron chi connectivity index (χ0n) is 6.06. The fraction of sp³-hybridized carbons (Fsp3) is 0.625. The first-order valence-electron chi connectivity index (χ1n) is 3.25. The SMILES string of the molecule is C=CCC(C)(O)CC[CH2-]. The molecule has 0 aromatic rings. The van der Waals surface area contributed by atoms with Crippen LogP contribution in [0.25, 0.3) is 0 Å². The molecular weight excluding hydrogens is 112 g/mol. The Labute approximate surface area is 57.4 Å². The van der Waals surface area contributed by atoms with E-state index in [-0.39, 0.29) is 0 Å². The van der Waals surface area contributed by atoms with Crippen molar-refractivity contribution >= 4 is 0 Å². The second-order valence-electron chi connectivity index (χ2n) is 2.59. The topological polar surface area (TPSA) is 20.2 Å². The van der Waals surface area contributed by atoms with Crippen LogP contribution in [0.2, 0.25) is 0 Å². The molecule has 0 spiro atoms. The van der Waals surface area contributed by atoms with Gasteiger partial charge < -0.3 is 12.0 Å². The molecule has 0 aliphatic rings. The van der Waals surface area contributed by atoms with E-state index < -0.39 is 5.60 Å². The van der Waals surface area contributed by atoms with Gasteiger partial charge in [-0.2, -0.15) is 6.42 Å². The minimum atomic E-state index is -0.580. The van der Waals surface area contributed by atoms with E-state index in [0.29, 0.717) is 6.42 Å². The Bertz CT molecular complexity index is 84.6. The predicted octanol–water partition coefficient (Wildman–Crippen LogP) is 1.93. The van der Waals surface area contributed by atoms with Gasteiger partial charge in [-0.3, -0.25) is 0 Å². The van der Waals surface area contributed by atoms with Crippen molar-refractivity contribution in [1.29, 1.82) is 0 Å². The molecule has 9 heavy (non-hydrogen) atoms. The molecule has 0 aromatic carbocycles. The first-order valence-corrected chi connectivity index (χ1v) is 3.25. The summed E-state index contributed by atoms with van der Waals surface area (Å²) in [5, 5.41) is 9.40. The predicted molar refractivity (Wildman–Crippen MR) is 40.0 cm³/mol. The van der Waals surface area contributed by atoms with E-state index in [1.165, 1.54) is 0 Å². The maximum atomic E-state index is 9.40. The molecule has 0 saturated heterocycles. The summed E-state index contributed by atoms with van der Waals surface area (Å²) in [6.45, 7) is 9.01. The maximum absolute atomic E-state index is 9.40. The van der Waals surface area contributed by atoms with Crippen molar-refractivity contribution in [2.75, 3.05) is 0 Å². The lowest BCUT2D eigenvalue weighted by Gasteiger charge is -2.21. The third-order valence-corrected chi connectivity index (χ3v) is 1.30. The molecule has 1 unspecified atom stereocenters. The fourth-order valence-electron chi connectivity index (χ4n) is 0.794. The quantitative estimate of drug-likeness (QED) is 0.452. The number of hydrogen-bond acceptors (Lipinski definition) is 1. The van der Waals surface area contributed by atoms with Crippen LogP contribution in [-0.2, 0) is 0 Å². The number of aliphatic hydroxyl groups is 1. The highest BCUT2D eigenvalue weighted by atomic mass is 16.3. The molecule has 0 heterocycles. The van der Waals surface area contributed by atoms with Crippen molar-refractivity contribution in [3.8, 4) is 0 Å². The third-order valence-electron chi connectivity index (χ3n) is 1.30. The van der Waals surface area contributed by atoms with Gasteiger partial charge in [0.15, 0.2) is 0 Å². The van der Waals surface area contributed by atoms with Crippen molar-refractivity contribution in [3.63, 3.8) is 0 Å². The van der Waals surface area contributed by atoms with E-state index >= 15 is 0 Å². The Morgan fingerprint density at radius 2 is 2.33 bits per heavy atom. The van der Waals surface area contributed by atoms with Crippen molar-refractivity contribution in [2.24, 2.45) is 0 Å². The molecule has 0 aromatic heterocycles. The molecule has 1 nitrogen and oxygen atoms in total. The average Bonchev–Trinajstić information content (AvgIpc) is 1.64. The monoisotopic (exact) mass is 127 g/mol. The lowest BCUT2D eigenvalue weighted by molar-refractivity contribution is 0.0550. The van der Waals surface area contributed by atoms with Gasteiger partial charge in [0.25, 0.3) is 0 Å². The second kappa shape index (κ2) is 3.67. The Morgan fingerprint density at radius 3 is 2.67 bits per heavy atom. The molecule has 1 atom stereocenters. The molecule has 0 fully saturated rings. The lowest BCUT2D eigenvalue weighted by Crippen LogP contribution is -2.22. The molecule has 0 aliphatic carbocycles. The largest absolute Gasteiger partial charge is 0.390 e. The van der Waals surface area contributed by atoms with E-state index in [4.69, 9.17) is 0 Å². The van der Waals surface area contributed by atoms with Gasteiger partial charge >= 0.3 is 0 Å². The van der Waals surface area contributed by atoms with E-state index in [0.717, 1.165) is 12.8 Å². The molecule has 0 aliphatic heterocycles. The Morgan fingerprint density at radius 1 is 1.78 bits per heavy atom. The van der Waals surface area contributed by atoms with E-state index in [1.807, 2.05) is 0 Å². The van der Waals surface area contributed by atoms with E-state index in [1.54, 1.807) is 13.0 Å². The zero-order valence-corrected chi connectivity index (χ0v) is 6.06. The normalized spacial score (nSPS) is 16.8. The summed E-state index contributed by atoms with van der Waals surface area (Å²) < 4.78 is 0. The van der Waals surface area contributed by atoms with Crippen LogP contribution in [0.15, 0.2) is 12.7 Å². The third kappa shape index (κ3) is 4.22. The van der Waals surface area contributed by atoms with Crippen LogP contribution in [0.3, 0.4) is 0 Å². The average molecular weight is 127 g/mol. The maximum Gasteiger partial charge on any atom is 0.0629 e. The van der Waals surface area contributed by atoms with Crippen LogP contribution >= 0.6 is 0 Å². The fourth-order valence-corrected chi connectivity index (χ4v) is 0.794. The molecule has 0 radical (unpaired) electrons. The van der Waals surface area contributed by atoms with Crippen LogP contribution < -0.4 is 0 Å². The molecule has 0 bridgehead atoms. The van der Waals surface area contributed by atoms with Crippen molar-refractivity contribution in [1.82, 2.24) is 0 Å². The summed E-state index contributed by atoms with van der Waals surface area (Å²) in [7, 11) is 0. The van der Waals surface area contributed by atoms with E-state index in [9.17, 15) is 5.11 Å². The van der Waals surface area contributed by atoms with Crippen LogP contribution in [0, 0.1) is 6.92 Å². The van der Waals surface area contributed by atoms with Gasteiger partial charge in [-0.15, -0.1) is 6.58 Å². The molecule has 1 N–H and O–H groups in total. The van der Waals surface area contributed by atoms with Crippen molar-refractivity contribution < 1.29 is 5.11 Å². The second-order valence-corrected chi connectivity index (χ2v) is 2.59. The van der Waals surface area contributed by atoms with Gasteiger partial charge in [0.2, 0.25) is 0 Å².